The van der Waals surface area contributed by atoms with Crippen LogP contribution < -0.4 is 10.6 Å². The van der Waals surface area contributed by atoms with Crippen LogP contribution in [0.15, 0.2) is 66.9 Å². The van der Waals surface area contributed by atoms with Crippen LogP contribution in [0.4, 0.5) is 11.4 Å². The van der Waals surface area contributed by atoms with Gasteiger partial charge in [-0.15, -0.1) is 0 Å². The first-order chi connectivity index (χ1) is 14.1. The number of pyridine rings is 1. The summed E-state index contributed by atoms with van der Waals surface area (Å²) in [7, 11) is 0. The van der Waals surface area contributed by atoms with Gasteiger partial charge in [0.1, 0.15) is 5.69 Å². The smallest absolute Gasteiger partial charge is 0.340 e. The van der Waals surface area contributed by atoms with Crippen molar-refractivity contribution in [1.29, 1.82) is 0 Å². The van der Waals surface area contributed by atoms with Crippen LogP contribution in [0.3, 0.4) is 0 Å². The lowest BCUT2D eigenvalue weighted by atomic mass is 10.1. The van der Waals surface area contributed by atoms with Gasteiger partial charge in [-0.25, -0.2) is 4.79 Å². The van der Waals surface area contributed by atoms with E-state index in [4.69, 9.17) is 4.74 Å². The molecule has 1 amide bonds. The van der Waals surface area contributed by atoms with Crippen molar-refractivity contribution in [2.24, 2.45) is 0 Å². The van der Waals surface area contributed by atoms with Gasteiger partial charge in [-0.2, -0.15) is 0 Å². The third kappa shape index (κ3) is 5.42. The summed E-state index contributed by atoms with van der Waals surface area (Å²) in [6.07, 6.45) is 1.55. The number of carbonyl (C=O) groups is 2. The van der Waals surface area contributed by atoms with Crippen LogP contribution in [0.2, 0.25) is 0 Å². The van der Waals surface area contributed by atoms with E-state index in [1.54, 1.807) is 43.5 Å². The van der Waals surface area contributed by atoms with Crippen molar-refractivity contribution < 1.29 is 14.3 Å². The van der Waals surface area contributed by atoms with E-state index in [1.807, 2.05) is 37.3 Å². The minimum atomic E-state index is -0.402. The Hall–Kier alpha value is -3.67. The fraction of sp³-hybridized carbons (Fsp3) is 0.174. The zero-order valence-corrected chi connectivity index (χ0v) is 16.4. The monoisotopic (exact) mass is 389 g/mol. The number of ether oxygens (including phenoxy) is 1. The minimum absolute atomic E-state index is 0.270. The van der Waals surface area contributed by atoms with Crippen molar-refractivity contribution in [3.8, 4) is 0 Å². The number of amides is 1. The number of esters is 1. The van der Waals surface area contributed by atoms with Gasteiger partial charge in [-0.05, 0) is 43.7 Å². The van der Waals surface area contributed by atoms with Gasteiger partial charge in [-0.1, -0.05) is 42.0 Å². The molecule has 0 saturated heterocycles. The van der Waals surface area contributed by atoms with E-state index >= 15 is 0 Å². The third-order valence-corrected chi connectivity index (χ3v) is 4.27. The summed E-state index contributed by atoms with van der Waals surface area (Å²) < 4.78 is 5.09. The van der Waals surface area contributed by atoms with E-state index in [0.29, 0.717) is 30.1 Å². The lowest BCUT2D eigenvalue weighted by Crippen LogP contribution is -2.23. The Morgan fingerprint density at radius 1 is 1.03 bits per heavy atom. The first kappa shape index (κ1) is 20.1. The maximum Gasteiger partial charge on any atom is 0.340 e. The zero-order chi connectivity index (χ0) is 20.6. The normalized spacial score (nSPS) is 10.3. The van der Waals surface area contributed by atoms with Gasteiger partial charge in [0.15, 0.2) is 0 Å². The highest BCUT2D eigenvalue weighted by atomic mass is 16.5. The van der Waals surface area contributed by atoms with Crippen molar-refractivity contribution >= 4 is 23.3 Å². The molecule has 0 fully saturated rings. The van der Waals surface area contributed by atoms with Crippen LogP contribution in [0, 0.1) is 6.92 Å². The lowest BCUT2D eigenvalue weighted by molar-refractivity contribution is 0.0527. The lowest BCUT2D eigenvalue weighted by Gasteiger charge is -2.12. The standard InChI is InChI=1S/C23H23N3O3/c1-3-29-23(28)19-6-4-5-7-20(19)26-18-12-13-24-21(14-18)22(27)25-15-17-10-8-16(2)9-11-17/h4-14H,3,15H2,1-2H3,(H,24,26)(H,25,27). The van der Waals surface area contributed by atoms with Crippen molar-refractivity contribution in [2.45, 2.75) is 20.4 Å². The molecule has 0 bridgehead atoms. The van der Waals surface area contributed by atoms with Crippen molar-refractivity contribution in [3.05, 3.63) is 89.2 Å². The van der Waals surface area contributed by atoms with E-state index in [-0.39, 0.29) is 11.6 Å². The van der Waals surface area contributed by atoms with Crippen LogP contribution >= 0.6 is 0 Å². The van der Waals surface area contributed by atoms with Gasteiger partial charge >= 0.3 is 5.97 Å². The summed E-state index contributed by atoms with van der Waals surface area (Å²) in [4.78, 5) is 28.8. The molecule has 29 heavy (non-hydrogen) atoms. The Labute approximate surface area is 169 Å². The van der Waals surface area contributed by atoms with E-state index < -0.39 is 5.97 Å². The summed E-state index contributed by atoms with van der Waals surface area (Å²) in [6, 6.07) is 18.4. The first-order valence-corrected chi connectivity index (χ1v) is 9.40. The highest BCUT2D eigenvalue weighted by molar-refractivity contribution is 5.97. The van der Waals surface area contributed by atoms with Crippen molar-refractivity contribution in [1.82, 2.24) is 10.3 Å². The molecule has 6 heteroatoms. The van der Waals surface area contributed by atoms with E-state index in [2.05, 4.69) is 15.6 Å². The number of carbonyl (C=O) groups excluding carboxylic acids is 2. The average Bonchev–Trinajstić information content (AvgIpc) is 2.74. The molecule has 0 unspecified atom stereocenters. The molecule has 1 aromatic heterocycles. The zero-order valence-electron chi connectivity index (χ0n) is 16.4. The molecule has 0 aliphatic rings. The van der Waals surface area contributed by atoms with Crippen LogP contribution in [-0.2, 0) is 11.3 Å². The number of anilines is 2. The highest BCUT2D eigenvalue weighted by Crippen LogP contribution is 2.22. The molecule has 0 spiro atoms. The Balaban J connectivity index is 1.70. The quantitative estimate of drug-likeness (QED) is 0.591. The Morgan fingerprint density at radius 3 is 2.55 bits per heavy atom. The molecule has 0 atom stereocenters. The second kappa shape index (κ2) is 9.50. The Kier molecular flexibility index (Phi) is 6.58. The van der Waals surface area contributed by atoms with Gasteiger partial charge in [0.2, 0.25) is 0 Å². The predicted molar refractivity (Wildman–Crippen MR) is 112 cm³/mol. The number of hydrogen-bond donors (Lipinski definition) is 2. The van der Waals surface area contributed by atoms with Crippen LogP contribution in [0.5, 0.6) is 0 Å². The summed E-state index contributed by atoms with van der Waals surface area (Å²) in [5, 5.41) is 6.04. The molecule has 0 aliphatic carbocycles. The number of nitrogens with one attached hydrogen (secondary N) is 2. The van der Waals surface area contributed by atoms with Gasteiger partial charge in [0.05, 0.1) is 17.9 Å². The Morgan fingerprint density at radius 2 is 1.79 bits per heavy atom. The molecule has 2 aromatic carbocycles. The summed E-state index contributed by atoms with van der Waals surface area (Å²) >= 11 is 0. The summed E-state index contributed by atoms with van der Waals surface area (Å²) in [5.41, 5.74) is 4.15. The minimum Gasteiger partial charge on any atom is -0.462 e. The number of rotatable bonds is 7. The van der Waals surface area contributed by atoms with Gasteiger partial charge < -0.3 is 15.4 Å². The summed E-state index contributed by atoms with van der Waals surface area (Å²) in [6.45, 7) is 4.50. The van der Waals surface area contributed by atoms with Crippen molar-refractivity contribution in [3.63, 3.8) is 0 Å². The van der Waals surface area contributed by atoms with Crippen LogP contribution in [-0.4, -0.2) is 23.5 Å². The number of aromatic nitrogens is 1. The molecule has 1 heterocycles. The molecule has 6 nitrogen and oxygen atoms in total. The molecule has 0 aliphatic heterocycles. The topological polar surface area (TPSA) is 80.3 Å². The molecule has 2 N–H and O–H groups in total. The molecule has 0 radical (unpaired) electrons. The van der Waals surface area contributed by atoms with E-state index in [9.17, 15) is 9.59 Å². The van der Waals surface area contributed by atoms with Crippen LogP contribution in [0.25, 0.3) is 0 Å². The van der Waals surface area contributed by atoms with Gasteiger partial charge in [-0.3, -0.25) is 9.78 Å². The molecule has 0 saturated carbocycles. The fourth-order valence-electron chi connectivity index (χ4n) is 2.75. The SMILES string of the molecule is CCOC(=O)c1ccccc1Nc1ccnc(C(=O)NCc2ccc(C)cc2)c1. The maximum atomic E-state index is 12.5. The number of hydrogen-bond acceptors (Lipinski definition) is 5. The Bertz CT molecular complexity index is 1000. The number of para-hydroxylation sites is 1. The van der Waals surface area contributed by atoms with Crippen LogP contribution in [0.1, 0.15) is 38.9 Å². The highest BCUT2D eigenvalue weighted by Gasteiger charge is 2.13. The van der Waals surface area contributed by atoms with Gasteiger partial charge in [0.25, 0.3) is 5.91 Å². The molecule has 3 rings (SSSR count). The van der Waals surface area contributed by atoms with Crippen molar-refractivity contribution in [2.75, 3.05) is 11.9 Å². The van der Waals surface area contributed by atoms with E-state index in [1.165, 1.54) is 5.56 Å². The second-order valence-corrected chi connectivity index (χ2v) is 6.49. The molecule has 148 valence electrons. The second-order valence-electron chi connectivity index (χ2n) is 6.49. The average molecular weight is 389 g/mol. The first-order valence-electron chi connectivity index (χ1n) is 9.40. The van der Waals surface area contributed by atoms with Gasteiger partial charge in [0, 0.05) is 18.4 Å². The largest absolute Gasteiger partial charge is 0.462 e. The number of benzene rings is 2. The fourth-order valence-corrected chi connectivity index (χ4v) is 2.75. The number of nitrogens with zero attached hydrogens (tertiary/aromatic N) is 1. The third-order valence-electron chi connectivity index (χ3n) is 4.27. The molecular weight excluding hydrogens is 366 g/mol. The predicted octanol–water partition coefficient (Wildman–Crippen LogP) is 4.24. The number of aryl methyl sites for hydroxylation is 1. The molecule has 3 aromatic rings. The summed E-state index contributed by atoms with van der Waals surface area (Å²) in [5.74, 6) is -0.673. The maximum absolute atomic E-state index is 12.5. The van der Waals surface area contributed by atoms with E-state index in [0.717, 1.165) is 5.56 Å². The molecular formula is C23H23N3O3.